The molecule has 1 fully saturated rings. The number of nitrogens with zero attached hydrogens (tertiary/aromatic N) is 1. The Hall–Kier alpha value is -0.570. The molecule has 0 atom stereocenters. The highest BCUT2D eigenvalue weighted by atomic mass is 16.5. The summed E-state index contributed by atoms with van der Waals surface area (Å²) in [5, 5.41) is 0. The van der Waals surface area contributed by atoms with E-state index < -0.39 is 0 Å². The predicted octanol–water partition coefficient (Wildman–Crippen LogP) is 1.28. The maximum atomic E-state index is 11.3. The Kier molecular flexibility index (Phi) is 3.72. The molecule has 0 aliphatic carbocycles. The zero-order chi connectivity index (χ0) is 9.84. The van der Waals surface area contributed by atoms with Gasteiger partial charge in [0.25, 0.3) is 0 Å². The molecule has 3 nitrogen and oxygen atoms in total. The van der Waals surface area contributed by atoms with Crippen molar-refractivity contribution in [3.8, 4) is 0 Å². The standard InChI is InChI=1S/C10H19NO2/c1-8(2)10(12)13-9-4-6-11(3)7-5-9/h8-9H,4-7H2,1-3H3. The van der Waals surface area contributed by atoms with Gasteiger partial charge in [0.15, 0.2) is 0 Å². The molecule has 0 saturated carbocycles. The lowest BCUT2D eigenvalue weighted by molar-refractivity contribution is -0.154. The van der Waals surface area contributed by atoms with Gasteiger partial charge in [0.2, 0.25) is 0 Å². The van der Waals surface area contributed by atoms with Gasteiger partial charge in [-0.25, -0.2) is 0 Å². The van der Waals surface area contributed by atoms with E-state index in [4.69, 9.17) is 4.74 Å². The molecule has 76 valence electrons. The lowest BCUT2D eigenvalue weighted by atomic mass is 10.1. The second-order valence-electron chi connectivity index (χ2n) is 4.09. The topological polar surface area (TPSA) is 29.5 Å². The minimum atomic E-state index is -0.0606. The lowest BCUT2D eigenvalue weighted by Crippen LogP contribution is -2.35. The van der Waals surface area contributed by atoms with Crippen LogP contribution in [0.5, 0.6) is 0 Å². The highest BCUT2D eigenvalue weighted by Gasteiger charge is 2.21. The van der Waals surface area contributed by atoms with Crippen molar-refractivity contribution in [1.29, 1.82) is 0 Å². The third-order valence-corrected chi connectivity index (χ3v) is 2.42. The van der Waals surface area contributed by atoms with Gasteiger partial charge < -0.3 is 9.64 Å². The fourth-order valence-electron chi connectivity index (χ4n) is 1.40. The zero-order valence-electron chi connectivity index (χ0n) is 8.75. The predicted molar refractivity (Wildman–Crippen MR) is 51.4 cm³/mol. The molecule has 0 spiro atoms. The van der Waals surface area contributed by atoms with E-state index in [1.165, 1.54) is 0 Å². The minimum Gasteiger partial charge on any atom is -0.462 e. The number of hydrogen-bond donors (Lipinski definition) is 0. The minimum absolute atomic E-state index is 0.000318. The average Bonchev–Trinajstić information content (AvgIpc) is 2.08. The highest BCUT2D eigenvalue weighted by Crippen LogP contribution is 2.13. The number of carbonyl (C=O) groups excluding carboxylic acids is 1. The van der Waals surface area contributed by atoms with Gasteiger partial charge >= 0.3 is 5.97 Å². The Bertz CT molecular complexity index is 172. The molecule has 1 aliphatic heterocycles. The van der Waals surface area contributed by atoms with Crippen LogP contribution in [0.4, 0.5) is 0 Å². The summed E-state index contributed by atoms with van der Waals surface area (Å²) in [6.45, 7) is 5.82. The Balaban J connectivity index is 2.26. The van der Waals surface area contributed by atoms with Crippen LogP contribution in [0.25, 0.3) is 0 Å². The van der Waals surface area contributed by atoms with Crippen LogP contribution in [0.3, 0.4) is 0 Å². The van der Waals surface area contributed by atoms with Gasteiger partial charge in [0.05, 0.1) is 5.92 Å². The van der Waals surface area contributed by atoms with E-state index in [9.17, 15) is 4.79 Å². The molecule has 0 amide bonds. The fraction of sp³-hybridized carbons (Fsp3) is 0.900. The van der Waals surface area contributed by atoms with E-state index in [1.807, 2.05) is 13.8 Å². The average molecular weight is 185 g/mol. The van der Waals surface area contributed by atoms with Crippen molar-refractivity contribution in [3.63, 3.8) is 0 Å². The highest BCUT2D eigenvalue weighted by molar-refractivity contribution is 5.71. The molecule has 1 heterocycles. The molecular formula is C10H19NO2. The van der Waals surface area contributed by atoms with Crippen LogP contribution in [0.2, 0.25) is 0 Å². The van der Waals surface area contributed by atoms with Crippen LogP contribution < -0.4 is 0 Å². The molecule has 0 aromatic heterocycles. The van der Waals surface area contributed by atoms with E-state index in [1.54, 1.807) is 0 Å². The first-order valence-corrected chi connectivity index (χ1v) is 4.98. The van der Waals surface area contributed by atoms with Gasteiger partial charge in [-0.2, -0.15) is 0 Å². The lowest BCUT2D eigenvalue weighted by Gasteiger charge is -2.29. The second kappa shape index (κ2) is 4.61. The van der Waals surface area contributed by atoms with Crippen molar-refractivity contribution in [2.24, 2.45) is 5.92 Å². The zero-order valence-corrected chi connectivity index (χ0v) is 8.75. The van der Waals surface area contributed by atoms with Crippen LogP contribution in [0.1, 0.15) is 26.7 Å². The maximum Gasteiger partial charge on any atom is 0.308 e. The molecule has 0 radical (unpaired) electrons. The number of carbonyl (C=O) groups is 1. The van der Waals surface area contributed by atoms with Gasteiger partial charge in [0.1, 0.15) is 6.10 Å². The summed E-state index contributed by atoms with van der Waals surface area (Å²) in [7, 11) is 2.10. The first kappa shape index (κ1) is 10.5. The van der Waals surface area contributed by atoms with Gasteiger partial charge in [-0.05, 0) is 19.9 Å². The molecule has 0 unspecified atom stereocenters. The van der Waals surface area contributed by atoms with Crippen LogP contribution in [-0.4, -0.2) is 37.1 Å². The summed E-state index contributed by atoms with van der Waals surface area (Å²) in [4.78, 5) is 13.5. The van der Waals surface area contributed by atoms with E-state index in [0.29, 0.717) is 0 Å². The summed E-state index contributed by atoms with van der Waals surface area (Å²) in [6.07, 6.45) is 2.12. The quantitative estimate of drug-likeness (QED) is 0.607. The molecular weight excluding hydrogens is 166 g/mol. The number of hydrogen-bond acceptors (Lipinski definition) is 3. The Morgan fingerprint density at radius 2 is 1.92 bits per heavy atom. The van der Waals surface area contributed by atoms with E-state index >= 15 is 0 Å². The van der Waals surface area contributed by atoms with Gasteiger partial charge in [-0.15, -0.1) is 0 Å². The van der Waals surface area contributed by atoms with Crippen LogP contribution in [-0.2, 0) is 9.53 Å². The van der Waals surface area contributed by atoms with E-state index in [-0.39, 0.29) is 18.0 Å². The number of likely N-dealkylation sites (tertiary alicyclic amines) is 1. The number of piperidine rings is 1. The smallest absolute Gasteiger partial charge is 0.308 e. The molecule has 13 heavy (non-hydrogen) atoms. The molecule has 3 heteroatoms. The summed E-state index contributed by atoms with van der Waals surface area (Å²) in [5.41, 5.74) is 0. The normalized spacial score (nSPS) is 20.6. The molecule has 1 saturated heterocycles. The fourth-order valence-corrected chi connectivity index (χ4v) is 1.40. The van der Waals surface area contributed by atoms with E-state index in [2.05, 4.69) is 11.9 Å². The summed E-state index contributed by atoms with van der Waals surface area (Å²) in [5.74, 6) is -0.0609. The molecule has 0 bridgehead atoms. The Morgan fingerprint density at radius 3 is 2.38 bits per heavy atom. The van der Waals surface area contributed by atoms with Crippen LogP contribution in [0, 0.1) is 5.92 Å². The molecule has 0 aromatic carbocycles. The number of ether oxygens (including phenoxy) is 1. The monoisotopic (exact) mass is 185 g/mol. The molecule has 1 aliphatic rings. The molecule has 0 aromatic rings. The number of esters is 1. The number of rotatable bonds is 2. The van der Waals surface area contributed by atoms with Crippen molar-refractivity contribution in [3.05, 3.63) is 0 Å². The third kappa shape index (κ3) is 3.35. The van der Waals surface area contributed by atoms with Gasteiger partial charge in [-0.1, -0.05) is 13.8 Å². The largest absolute Gasteiger partial charge is 0.462 e. The van der Waals surface area contributed by atoms with Crippen molar-refractivity contribution < 1.29 is 9.53 Å². The van der Waals surface area contributed by atoms with Crippen molar-refractivity contribution >= 4 is 5.97 Å². The second-order valence-corrected chi connectivity index (χ2v) is 4.09. The third-order valence-electron chi connectivity index (χ3n) is 2.42. The summed E-state index contributed by atoms with van der Waals surface area (Å²) >= 11 is 0. The first-order valence-electron chi connectivity index (χ1n) is 4.98. The van der Waals surface area contributed by atoms with Crippen LogP contribution in [0.15, 0.2) is 0 Å². The van der Waals surface area contributed by atoms with Crippen LogP contribution >= 0.6 is 0 Å². The van der Waals surface area contributed by atoms with Crippen molar-refractivity contribution in [2.75, 3.05) is 20.1 Å². The van der Waals surface area contributed by atoms with Gasteiger partial charge in [0, 0.05) is 13.1 Å². The molecule has 1 rings (SSSR count). The summed E-state index contributed by atoms with van der Waals surface area (Å²) < 4.78 is 5.34. The SMILES string of the molecule is CC(C)C(=O)OC1CCN(C)CC1. The Morgan fingerprint density at radius 1 is 1.38 bits per heavy atom. The Labute approximate surface area is 80.1 Å². The summed E-state index contributed by atoms with van der Waals surface area (Å²) in [6, 6.07) is 0. The first-order chi connectivity index (χ1) is 6.09. The molecule has 0 N–H and O–H groups in total. The van der Waals surface area contributed by atoms with Crippen molar-refractivity contribution in [1.82, 2.24) is 4.90 Å². The van der Waals surface area contributed by atoms with E-state index in [0.717, 1.165) is 25.9 Å². The maximum absolute atomic E-state index is 11.3. The van der Waals surface area contributed by atoms with Gasteiger partial charge in [-0.3, -0.25) is 4.79 Å². The van der Waals surface area contributed by atoms with Crippen molar-refractivity contribution in [2.45, 2.75) is 32.8 Å².